The smallest absolute Gasteiger partial charge is 0.422 e. The molecule has 0 fully saturated rings. The van der Waals surface area contributed by atoms with Gasteiger partial charge in [0.25, 0.3) is 0 Å². The molecule has 1 rings (SSSR count). The molecule has 0 bridgehead atoms. The molecule has 7 heteroatoms. The van der Waals surface area contributed by atoms with Crippen LogP contribution in [0.2, 0.25) is 0 Å². The van der Waals surface area contributed by atoms with Gasteiger partial charge in [0.05, 0.1) is 0 Å². The second-order valence-corrected chi connectivity index (χ2v) is 5.86. The summed E-state index contributed by atoms with van der Waals surface area (Å²) in [5.41, 5.74) is 1.97. The van der Waals surface area contributed by atoms with Crippen LogP contribution >= 0.6 is 0 Å². The van der Waals surface area contributed by atoms with Gasteiger partial charge in [-0.3, -0.25) is 0 Å². The first kappa shape index (κ1) is 19.1. The lowest BCUT2D eigenvalue weighted by Gasteiger charge is -2.22. The summed E-state index contributed by atoms with van der Waals surface area (Å²) in [5, 5.41) is 5.69. The zero-order valence-electron chi connectivity index (χ0n) is 13.5. The van der Waals surface area contributed by atoms with E-state index in [1.165, 1.54) is 0 Å². The monoisotopic (exact) mass is 332 g/mol. The fraction of sp³-hybridized carbons (Fsp3) is 0.562. The molecule has 0 radical (unpaired) electrons. The van der Waals surface area contributed by atoms with Crippen LogP contribution in [0.5, 0.6) is 0 Å². The van der Waals surface area contributed by atoms with E-state index >= 15 is 0 Å². The molecule has 0 heterocycles. The number of nitrogens with one attached hydrogen (secondary N) is 2. The highest BCUT2D eigenvalue weighted by Crippen LogP contribution is 2.16. The quantitative estimate of drug-likeness (QED) is 0.790. The highest BCUT2D eigenvalue weighted by Gasteiger charge is 2.30. The van der Waals surface area contributed by atoms with Gasteiger partial charge >= 0.3 is 12.3 Å². The van der Waals surface area contributed by atoms with Crippen LogP contribution in [-0.2, 0) is 4.74 Å². The van der Waals surface area contributed by atoms with E-state index < -0.39 is 18.9 Å². The molecule has 0 aliphatic heterocycles. The van der Waals surface area contributed by atoms with Crippen LogP contribution < -0.4 is 10.6 Å². The predicted octanol–water partition coefficient (Wildman–Crippen LogP) is 4.11. The Morgan fingerprint density at radius 1 is 1.26 bits per heavy atom. The van der Waals surface area contributed by atoms with Gasteiger partial charge in [0.2, 0.25) is 0 Å². The molecule has 1 amide bonds. The molecule has 1 aromatic rings. The zero-order valence-corrected chi connectivity index (χ0v) is 13.5. The van der Waals surface area contributed by atoms with Crippen LogP contribution in [0, 0.1) is 12.8 Å². The molecule has 130 valence electrons. The summed E-state index contributed by atoms with van der Waals surface area (Å²) in [5.74, 6) is 0.279. The van der Waals surface area contributed by atoms with Crippen molar-refractivity contribution in [3.05, 3.63) is 29.8 Å². The molecule has 0 saturated heterocycles. The molecule has 0 saturated carbocycles. The molecule has 1 aromatic carbocycles. The number of hydrogen-bond donors (Lipinski definition) is 2. The van der Waals surface area contributed by atoms with E-state index in [2.05, 4.69) is 15.4 Å². The minimum atomic E-state index is -4.52. The molecule has 2 N–H and O–H groups in total. The third-order valence-electron chi connectivity index (χ3n) is 3.13. The van der Waals surface area contributed by atoms with Crippen molar-refractivity contribution in [2.24, 2.45) is 5.92 Å². The van der Waals surface area contributed by atoms with Gasteiger partial charge in [-0.25, -0.2) is 4.79 Å². The van der Waals surface area contributed by atoms with Crippen molar-refractivity contribution in [3.8, 4) is 0 Å². The number of carbonyl (C=O) groups is 1. The lowest BCUT2D eigenvalue weighted by molar-refractivity contribution is -0.160. The van der Waals surface area contributed by atoms with Crippen molar-refractivity contribution in [2.45, 2.75) is 39.4 Å². The van der Waals surface area contributed by atoms with E-state index in [0.29, 0.717) is 13.0 Å². The number of alkyl carbamates (subject to hydrolysis) is 1. The van der Waals surface area contributed by atoms with Gasteiger partial charge in [-0.15, -0.1) is 0 Å². The second kappa shape index (κ2) is 8.64. The first-order valence-corrected chi connectivity index (χ1v) is 7.47. The number of carbonyl (C=O) groups excluding carboxylic acids is 1. The average molecular weight is 332 g/mol. The van der Waals surface area contributed by atoms with Gasteiger partial charge in [-0.1, -0.05) is 32.0 Å². The van der Waals surface area contributed by atoms with E-state index in [0.717, 1.165) is 11.3 Å². The second-order valence-electron chi connectivity index (χ2n) is 5.86. The number of benzene rings is 1. The lowest BCUT2D eigenvalue weighted by Crippen LogP contribution is -2.41. The van der Waals surface area contributed by atoms with Crippen LogP contribution in [0.25, 0.3) is 0 Å². The van der Waals surface area contributed by atoms with Crippen molar-refractivity contribution in [3.63, 3.8) is 0 Å². The Morgan fingerprint density at radius 3 is 2.48 bits per heavy atom. The molecular formula is C16H23F3N2O2. The average Bonchev–Trinajstić information content (AvgIpc) is 2.43. The number of aryl methyl sites for hydroxylation is 1. The van der Waals surface area contributed by atoms with Gasteiger partial charge in [0.15, 0.2) is 6.61 Å². The molecule has 1 atom stereocenters. The van der Waals surface area contributed by atoms with Crippen LogP contribution in [-0.4, -0.2) is 31.5 Å². The normalized spacial score (nSPS) is 12.8. The largest absolute Gasteiger partial charge is 0.440 e. The molecule has 23 heavy (non-hydrogen) atoms. The van der Waals surface area contributed by atoms with Crippen LogP contribution in [0.4, 0.5) is 23.7 Å². The van der Waals surface area contributed by atoms with Gasteiger partial charge < -0.3 is 15.4 Å². The minimum Gasteiger partial charge on any atom is -0.440 e. The molecule has 0 spiro atoms. The number of para-hydroxylation sites is 1. The summed E-state index contributed by atoms with van der Waals surface area (Å²) < 4.78 is 40.4. The highest BCUT2D eigenvalue weighted by atomic mass is 19.4. The fourth-order valence-corrected chi connectivity index (χ4v) is 2.12. The van der Waals surface area contributed by atoms with Crippen molar-refractivity contribution in [2.75, 3.05) is 18.5 Å². The summed E-state index contributed by atoms with van der Waals surface area (Å²) in [6.07, 6.45) is -4.95. The topological polar surface area (TPSA) is 50.4 Å². The predicted molar refractivity (Wildman–Crippen MR) is 83.5 cm³/mol. The Labute approximate surface area is 134 Å². The maximum atomic E-state index is 12.1. The third-order valence-corrected chi connectivity index (χ3v) is 3.13. The van der Waals surface area contributed by atoms with Crippen molar-refractivity contribution in [1.29, 1.82) is 0 Å². The summed E-state index contributed by atoms with van der Waals surface area (Å²) in [6.45, 7) is 4.72. The maximum Gasteiger partial charge on any atom is 0.422 e. The number of anilines is 1. The standard InChI is InChI=1S/C16H23F3N2O2/c1-11(2)8-13(21-15(22)23-10-16(17,18)19)9-20-14-7-5-4-6-12(14)3/h4-7,11,13,20H,8-10H2,1-3H3,(H,21,22). The Balaban J connectivity index is 2.55. The van der Waals surface area contributed by atoms with Crippen LogP contribution in [0.15, 0.2) is 24.3 Å². The molecule has 4 nitrogen and oxygen atoms in total. The Morgan fingerprint density at radius 2 is 1.91 bits per heavy atom. The third kappa shape index (κ3) is 8.32. The van der Waals surface area contributed by atoms with Crippen molar-refractivity contribution in [1.82, 2.24) is 5.32 Å². The number of rotatable bonds is 7. The Kier molecular flexibility index (Phi) is 7.19. The molecule has 0 aliphatic rings. The van der Waals surface area contributed by atoms with E-state index in [1.807, 2.05) is 45.0 Å². The van der Waals surface area contributed by atoms with Crippen LogP contribution in [0.1, 0.15) is 25.8 Å². The summed E-state index contributed by atoms with van der Waals surface area (Å²) in [4.78, 5) is 11.5. The molecule has 0 aliphatic carbocycles. The zero-order chi connectivity index (χ0) is 17.5. The van der Waals surface area contributed by atoms with Crippen molar-refractivity contribution < 1.29 is 22.7 Å². The summed E-state index contributed by atoms with van der Waals surface area (Å²) in [6, 6.07) is 7.33. The molecule has 1 unspecified atom stereocenters. The summed E-state index contributed by atoms with van der Waals surface area (Å²) in [7, 11) is 0. The first-order chi connectivity index (χ1) is 10.7. The SMILES string of the molecule is Cc1ccccc1NCC(CC(C)C)NC(=O)OCC(F)(F)F. The van der Waals surface area contributed by atoms with E-state index in [9.17, 15) is 18.0 Å². The molecular weight excluding hydrogens is 309 g/mol. The number of hydrogen-bond acceptors (Lipinski definition) is 3. The van der Waals surface area contributed by atoms with E-state index in [4.69, 9.17) is 0 Å². The number of ether oxygens (including phenoxy) is 1. The summed E-state index contributed by atoms with van der Waals surface area (Å²) >= 11 is 0. The lowest BCUT2D eigenvalue weighted by atomic mass is 10.0. The number of amides is 1. The van der Waals surface area contributed by atoms with Gasteiger partial charge in [-0.05, 0) is 30.9 Å². The van der Waals surface area contributed by atoms with Gasteiger partial charge in [0, 0.05) is 18.3 Å². The first-order valence-electron chi connectivity index (χ1n) is 7.47. The molecule has 0 aromatic heterocycles. The fourth-order valence-electron chi connectivity index (χ4n) is 2.12. The number of halogens is 3. The van der Waals surface area contributed by atoms with Gasteiger partial charge in [-0.2, -0.15) is 13.2 Å². The van der Waals surface area contributed by atoms with E-state index in [-0.39, 0.29) is 12.0 Å². The van der Waals surface area contributed by atoms with Crippen LogP contribution in [0.3, 0.4) is 0 Å². The van der Waals surface area contributed by atoms with Gasteiger partial charge in [0.1, 0.15) is 0 Å². The Bertz CT molecular complexity index is 504. The Hall–Kier alpha value is -1.92. The van der Waals surface area contributed by atoms with Crippen molar-refractivity contribution >= 4 is 11.8 Å². The maximum absolute atomic E-state index is 12.1. The van der Waals surface area contributed by atoms with E-state index in [1.54, 1.807) is 0 Å². The minimum absolute atomic E-state index is 0.279. The number of alkyl halides is 3. The highest BCUT2D eigenvalue weighted by molar-refractivity contribution is 5.67.